The standard InChI is InChI=1S/C12H16N4O3/c1-15-11(8-2-4-19-5-3-8)14-16-7-9(6-10(17)18)13-12(15)16/h7-8H,2-6H2,1H3,(H,17,18). The molecule has 0 unspecified atom stereocenters. The first-order valence-corrected chi connectivity index (χ1v) is 6.35. The molecule has 102 valence electrons. The lowest BCUT2D eigenvalue weighted by atomic mass is 10.00. The van der Waals surface area contributed by atoms with E-state index < -0.39 is 5.97 Å². The highest BCUT2D eigenvalue weighted by molar-refractivity contribution is 5.69. The lowest BCUT2D eigenvalue weighted by Gasteiger charge is -2.20. The summed E-state index contributed by atoms with van der Waals surface area (Å²) in [6.45, 7) is 1.54. The number of carboxylic acid groups (broad SMARTS) is 1. The molecule has 1 aliphatic heterocycles. The fourth-order valence-corrected chi connectivity index (χ4v) is 2.54. The van der Waals surface area contributed by atoms with Crippen LogP contribution in [0.25, 0.3) is 5.78 Å². The number of aryl methyl sites for hydroxylation is 1. The molecule has 3 rings (SSSR count). The number of carbonyl (C=O) groups is 1. The molecular formula is C12H16N4O3. The summed E-state index contributed by atoms with van der Waals surface area (Å²) in [4.78, 5) is 15.0. The number of ether oxygens (including phenoxy) is 1. The van der Waals surface area contributed by atoms with Crippen LogP contribution in [0.2, 0.25) is 0 Å². The Morgan fingerprint density at radius 1 is 1.53 bits per heavy atom. The van der Waals surface area contributed by atoms with E-state index in [4.69, 9.17) is 9.84 Å². The van der Waals surface area contributed by atoms with E-state index in [1.54, 1.807) is 10.7 Å². The zero-order valence-electron chi connectivity index (χ0n) is 10.7. The number of imidazole rings is 1. The Morgan fingerprint density at radius 3 is 2.89 bits per heavy atom. The van der Waals surface area contributed by atoms with Gasteiger partial charge < -0.3 is 9.84 Å². The lowest BCUT2D eigenvalue weighted by Crippen LogP contribution is -2.17. The Morgan fingerprint density at radius 2 is 2.26 bits per heavy atom. The third-order valence-electron chi connectivity index (χ3n) is 3.49. The first-order valence-electron chi connectivity index (χ1n) is 6.35. The van der Waals surface area contributed by atoms with Gasteiger partial charge in [-0.2, -0.15) is 5.10 Å². The van der Waals surface area contributed by atoms with Crippen LogP contribution in [-0.2, 0) is 23.0 Å². The van der Waals surface area contributed by atoms with Gasteiger partial charge in [-0.15, -0.1) is 0 Å². The van der Waals surface area contributed by atoms with Crippen molar-refractivity contribution in [2.45, 2.75) is 25.2 Å². The van der Waals surface area contributed by atoms with Crippen LogP contribution in [0, 0.1) is 0 Å². The molecule has 0 atom stereocenters. The van der Waals surface area contributed by atoms with Gasteiger partial charge in [0, 0.05) is 26.2 Å². The van der Waals surface area contributed by atoms with Gasteiger partial charge >= 0.3 is 5.97 Å². The lowest BCUT2D eigenvalue weighted by molar-refractivity contribution is -0.136. The Hall–Kier alpha value is -1.89. The summed E-state index contributed by atoms with van der Waals surface area (Å²) in [5.41, 5.74) is 0.532. The molecule has 7 heteroatoms. The van der Waals surface area contributed by atoms with Crippen LogP contribution >= 0.6 is 0 Å². The van der Waals surface area contributed by atoms with Crippen LogP contribution in [0.15, 0.2) is 6.20 Å². The van der Waals surface area contributed by atoms with Gasteiger partial charge in [0.1, 0.15) is 5.82 Å². The minimum atomic E-state index is -0.881. The molecule has 0 aromatic carbocycles. The molecule has 1 saturated heterocycles. The van der Waals surface area contributed by atoms with E-state index in [9.17, 15) is 4.79 Å². The molecule has 0 amide bonds. The van der Waals surface area contributed by atoms with Crippen molar-refractivity contribution in [3.8, 4) is 0 Å². The number of aromatic nitrogens is 4. The van der Waals surface area contributed by atoms with Gasteiger partial charge in [0.05, 0.1) is 18.3 Å². The van der Waals surface area contributed by atoms with E-state index in [2.05, 4.69) is 10.1 Å². The van der Waals surface area contributed by atoms with Crippen molar-refractivity contribution in [1.82, 2.24) is 19.2 Å². The summed E-state index contributed by atoms with van der Waals surface area (Å²) >= 11 is 0. The molecule has 1 aliphatic rings. The molecule has 2 aromatic heterocycles. The van der Waals surface area contributed by atoms with Gasteiger partial charge in [-0.1, -0.05) is 0 Å². The zero-order chi connectivity index (χ0) is 13.4. The smallest absolute Gasteiger partial charge is 0.309 e. The van der Waals surface area contributed by atoms with Gasteiger partial charge in [-0.25, -0.2) is 9.50 Å². The molecule has 3 heterocycles. The minimum absolute atomic E-state index is 0.0735. The quantitative estimate of drug-likeness (QED) is 0.877. The zero-order valence-corrected chi connectivity index (χ0v) is 10.7. The summed E-state index contributed by atoms with van der Waals surface area (Å²) < 4.78 is 8.97. The van der Waals surface area contributed by atoms with Crippen LogP contribution in [0.3, 0.4) is 0 Å². The second-order valence-corrected chi connectivity index (χ2v) is 4.85. The van der Waals surface area contributed by atoms with Crippen LogP contribution in [0.5, 0.6) is 0 Å². The number of rotatable bonds is 3. The van der Waals surface area contributed by atoms with E-state index in [1.165, 1.54) is 0 Å². The summed E-state index contributed by atoms with van der Waals surface area (Å²) in [5, 5.41) is 13.3. The molecule has 1 N–H and O–H groups in total. The molecule has 0 radical (unpaired) electrons. The van der Waals surface area contributed by atoms with E-state index in [-0.39, 0.29) is 6.42 Å². The molecular weight excluding hydrogens is 248 g/mol. The molecule has 0 bridgehead atoms. The Labute approximate surface area is 109 Å². The highest BCUT2D eigenvalue weighted by atomic mass is 16.5. The van der Waals surface area contributed by atoms with E-state index >= 15 is 0 Å². The second-order valence-electron chi connectivity index (χ2n) is 4.85. The van der Waals surface area contributed by atoms with Crippen molar-refractivity contribution in [2.75, 3.05) is 13.2 Å². The predicted molar refractivity (Wildman–Crippen MR) is 66.1 cm³/mol. The first kappa shape index (κ1) is 12.2. The van der Waals surface area contributed by atoms with E-state index in [0.29, 0.717) is 17.4 Å². The Balaban J connectivity index is 1.92. The van der Waals surface area contributed by atoms with Crippen LogP contribution < -0.4 is 0 Å². The molecule has 19 heavy (non-hydrogen) atoms. The maximum absolute atomic E-state index is 10.7. The topological polar surface area (TPSA) is 81.7 Å². The van der Waals surface area contributed by atoms with Crippen molar-refractivity contribution in [3.63, 3.8) is 0 Å². The fourth-order valence-electron chi connectivity index (χ4n) is 2.54. The van der Waals surface area contributed by atoms with Gasteiger partial charge in [0.25, 0.3) is 0 Å². The van der Waals surface area contributed by atoms with Crippen molar-refractivity contribution in [2.24, 2.45) is 7.05 Å². The average molecular weight is 264 g/mol. The Bertz CT molecular complexity index is 610. The number of carboxylic acids is 1. The van der Waals surface area contributed by atoms with Crippen LogP contribution in [-0.4, -0.2) is 43.5 Å². The SMILES string of the molecule is Cn1c(C2CCOCC2)nn2cc(CC(=O)O)nc12. The third-order valence-corrected chi connectivity index (χ3v) is 3.49. The van der Waals surface area contributed by atoms with Crippen LogP contribution in [0.1, 0.15) is 30.3 Å². The molecule has 0 aliphatic carbocycles. The molecule has 2 aromatic rings. The first-order chi connectivity index (χ1) is 9.15. The summed E-state index contributed by atoms with van der Waals surface area (Å²) in [5.74, 6) is 1.20. The van der Waals surface area contributed by atoms with E-state index in [1.807, 2.05) is 11.6 Å². The summed E-state index contributed by atoms with van der Waals surface area (Å²) in [6.07, 6.45) is 3.55. The number of hydrogen-bond donors (Lipinski definition) is 1. The molecule has 0 saturated carbocycles. The normalized spacial score (nSPS) is 17.1. The van der Waals surface area contributed by atoms with Gasteiger partial charge in [-0.05, 0) is 12.8 Å². The maximum atomic E-state index is 10.7. The van der Waals surface area contributed by atoms with E-state index in [0.717, 1.165) is 31.9 Å². The van der Waals surface area contributed by atoms with Crippen molar-refractivity contribution < 1.29 is 14.6 Å². The number of fused-ring (bicyclic) bond motifs is 1. The summed E-state index contributed by atoms with van der Waals surface area (Å²) in [7, 11) is 1.92. The van der Waals surface area contributed by atoms with Gasteiger partial charge in [0.15, 0.2) is 0 Å². The maximum Gasteiger partial charge on any atom is 0.309 e. The highest BCUT2D eigenvalue weighted by Gasteiger charge is 2.23. The monoisotopic (exact) mass is 264 g/mol. The third kappa shape index (κ3) is 2.21. The van der Waals surface area contributed by atoms with Crippen LogP contribution in [0.4, 0.5) is 0 Å². The number of nitrogens with zero attached hydrogens (tertiary/aromatic N) is 4. The largest absolute Gasteiger partial charge is 0.481 e. The molecule has 7 nitrogen and oxygen atoms in total. The van der Waals surface area contributed by atoms with Gasteiger partial charge in [0.2, 0.25) is 5.78 Å². The molecule has 0 spiro atoms. The minimum Gasteiger partial charge on any atom is -0.481 e. The second kappa shape index (κ2) is 4.65. The molecule has 1 fully saturated rings. The van der Waals surface area contributed by atoms with Crippen molar-refractivity contribution >= 4 is 11.7 Å². The van der Waals surface area contributed by atoms with Gasteiger partial charge in [-0.3, -0.25) is 9.36 Å². The summed E-state index contributed by atoms with van der Waals surface area (Å²) in [6, 6.07) is 0. The Kier molecular flexibility index (Phi) is 2.98. The number of aliphatic carboxylic acids is 1. The van der Waals surface area contributed by atoms with Crippen molar-refractivity contribution in [3.05, 3.63) is 17.7 Å². The fraction of sp³-hybridized carbons (Fsp3) is 0.583. The average Bonchev–Trinajstić information content (AvgIpc) is 2.90. The van der Waals surface area contributed by atoms with Crippen molar-refractivity contribution in [1.29, 1.82) is 0 Å². The highest BCUT2D eigenvalue weighted by Crippen LogP contribution is 2.26. The number of hydrogen-bond acceptors (Lipinski definition) is 4. The predicted octanol–water partition coefficient (Wildman–Crippen LogP) is 0.589.